The van der Waals surface area contributed by atoms with Gasteiger partial charge >= 0.3 is 0 Å². The lowest BCUT2D eigenvalue weighted by molar-refractivity contribution is 0.541. The first kappa shape index (κ1) is 13.4. The molecule has 1 aromatic carbocycles. The highest BCUT2D eigenvalue weighted by Gasteiger charge is 2.07. The Bertz CT molecular complexity index is 691. The summed E-state index contributed by atoms with van der Waals surface area (Å²) < 4.78 is 5.54. The van der Waals surface area contributed by atoms with Gasteiger partial charge in [-0.25, -0.2) is 4.98 Å². The van der Waals surface area contributed by atoms with Crippen LogP contribution in [0.4, 0.5) is 5.69 Å². The van der Waals surface area contributed by atoms with Gasteiger partial charge in [-0.1, -0.05) is 0 Å². The summed E-state index contributed by atoms with van der Waals surface area (Å²) >= 11 is 0. The molecule has 0 amide bonds. The summed E-state index contributed by atoms with van der Waals surface area (Å²) in [5.74, 6) is 1.38. The van der Waals surface area contributed by atoms with E-state index >= 15 is 0 Å². The van der Waals surface area contributed by atoms with E-state index in [2.05, 4.69) is 10.3 Å². The molecule has 98 valence electrons. The Balaban J connectivity index is 2.17. The van der Waals surface area contributed by atoms with Crippen molar-refractivity contribution in [3.8, 4) is 23.6 Å². The van der Waals surface area contributed by atoms with Crippen molar-refractivity contribution in [2.75, 3.05) is 5.32 Å². The van der Waals surface area contributed by atoms with Crippen LogP contribution in [0.1, 0.15) is 11.5 Å². The van der Waals surface area contributed by atoms with Crippen LogP contribution in [0.25, 0.3) is 11.5 Å². The Hall–Kier alpha value is -3.05. The molecule has 5 nitrogen and oxygen atoms in total. The van der Waals surface area contributed by atoms with Crippen molar-refractivity contribution in [3.05, 3.63) is 47.5 Å². The number of oxazole rings is 1. The van der Waals surface area contributed by atoms with Gasteiger partial charge < -0.3 is 9.73 Å². The van der Waals surface area contributed by atoms with E-state index in [1.54, 1.807) is 12.1 Å². The Morgan fingerprint density at radius 2 is 1.85 bits per heavy atom. The monoisotopic (exact) mass is 264 g/mol. The van der Waals surface area contributed by atoms with Gasteiger partial charge in [-0.2, -0.15) is 10.5 Å². The van der Waals surface area contributed by atoms with Crippen LogP contribution in [0.3, 0.4) is 0 Å². The van der Waals surface area contributed by atoms with Crippen LogP contribution in [0, 0.1) is 36.5 Å². The van der Waals surface area contributed by atoms with Crippen molar-refractivity contribution >= 4 is 5.69 Å². The van der Waals surface area contributed by atoms with Crippen molar-refractivity contribution in [1.82, 2.24) is 4.98 Å². The highest BCUT2D eigenvalue weighted by molar-refractivity contribution is 5.60. The molecule has 0 aliphatic heterocycles. The molecular weight excluding hydrogens is 252 g/mol. The SMILES string of the molecule is Cc1nc(-c2ccc(NC=C(C#N)C#N)cc2)oc1C. The molecule has 0 bridgehead atoms. The maximum Gasteiger partial charge on any atom is 0.226 e. The first-order chi connectivity index (χ1) is 9.63. The number of aryl methyl sites for hydroxylation is 2. The summed E-state index contributed by atoms with van der Waals surface area (Å²) in [5.41, 5.74) is 2.54. The third-order valence-electron chi connectivity index (χ3n) is 2.78. The first-order valence-electron chi connectivity index (χ1n) is 5.95. The molecule has 2 aromatic rings. The van der Waals surface area contributed by atoms with E-state index in [0.29, 0.717) is 5.89 Å². The van der Waals surface area contributed by atoms with Crippen LogP contribution in [-0.4, -0.2) is 4.98 Å². The fourth-order valence-electron chi connectivity index (χ4n) is 1.55. The zero-order valence-corrected chi connectivity index (χ0v) is 11.1. The van der Waals surface area contributed by atoms with Crippen molar-refractivity contribution in [2.24, 2.45) is 0 Å². The Morgan fingerprint density at radius 1 is 1.20 bits per heavy atom. The fourth-order valence-corrected chi connectivity index (χ4v) is 1.55. The number of nitriles is 2. The summed E-state index contributed by atoms with van der Waals surface area (Å²) in [4.78, 5) is 4.33. The lowest BCUT2D eigenvalue weighted by atomic mass is 10.2. The molecule has 5 heteroatoms. The molecule has 0 saturated heterocycles. The molecule has 0 fully saturated rings. The van der Waals surface area contributed by atoms with Gasteiger partial charge in [-0.15, -0.1) is 0 Å². The van der Waals surface area contributed by atoms with E-state index in [9.17, 15) is 0 Å². The Morgan fingerprint density at radius 3 is 2.35 bits per heavy atom. The van der Waals surface area contributed by atoms with Gasteiger partial charge in [0.2, 0.25) is 5.89 Å². The average Bonchev–Trinajstić information content (AvgIpc) is 2.80. The van der Waals surface area contributed by atoms with E-state index in [1.807, 2.05) is 38.1 Å². The number of nitrogens with one attached hydrogen (secondary N) is 1. The number of hydrogen-bond donors (Lipinski definition) is 1. The standard InChI is InChI=1S/C15H12N4O/c1-10-11(2)20-15(19-10)13-3-5-14(6-4-13)18-9-12(7-16)8-17/h3-6,9,18H,1-2H3. The highest BCUT2D eigenvalue weighted by Crippen LogP contribution is 2.22. The van der Waals surface area contributed by atoms with E-state index < -0.39 is 0 Å². The lowest BCUT2D eigenvalue weighted by Gasteiger charge is -2.01. The van der Waals surface area contributed by atoms with Gasteiger partial charge in [0.15, 0.2) is 0 Å². The van der Waals surface area contributed by atoms with E-state index in [-0.39, 0.29) is 5.57 Å². The molecule has 1 N–H and O–H groups in total. The molecule has 0 atom stereocenters. The minimum atomic E-state index is 0.0213. The molecule has 0 radical (unpaired) electrons. The molecule has 1 aromatic heterocycles. The predicted octanol–water partition coefficient (Wildman–Crippen LogP) is 3.30. The molecule has 0 spiro atoms. The summed E-state index contributed by atoms with van der Waals surface area (Å²) in [7, 11) is 0. The number of rotatable bonds is 3. The quantitative estimate of drug-likeness (QED) is 0.859. The normalized spacial score (nSPS) is 9.40. The van der Waals surface area contributed by atoms with Crippen molar-refractivity contribution < 1.29 is 4.42 Å². The number of anilines is 1. The molecular formula is C15H12N4O. The second-order valence-electron chi connectivity index (χ2n) is 4.16. The predicted molar refractivity (Wildman–Crippen MR) is 74.3 cm³/mol. The Labute approximate surface area is 116 Å². The van der Waals surface area contributed by atoms with E-state index in [0.717, 1.165) is 22.7 Å². The highest BCUT2D eigenvalue weighted by atomic mass is 16.4. The van der Waals surface area contributed by atoms with Crippen molar-refractivity contribution in [1.29, 1.82) is 10.5 Å². The minimum absolute atomic E-state index is 0.0213. The zero-order chi connectivity index (χ0) is 14.5. The number of nitrogens with zero attached hydrogens (tertiary/aromatic N) is 3. The smallest absolute Gasteiger partial charge is 0.226 e. The van der Waals surface area contributed by atoms with Gasteiger partial charge in [-0.05, 0) is 38.1 Å². The first-order valence-corrected chi connectivity index (χ1v) is 5.95. The number of benzene rings is 1. The topological polar surface area (TPSA) is 85.6 Å². The van der Waals surface area contributed by atoms with Crippen LogP contribution >= 0.6 is 0 Å². The lowest BCUT2D eigenvalue weighted by Crippen LogP contribution is -1.89. The Kier molecular flexibility index (Phi) is 3.83. The summed E-state index contributed by atoms with van der Waals surface area (Å²) in [6.07, 6.45) is 1.37. The zero-order valence-electron chi connectivity index (χ0n) is 11.1. The molecule has 2 rings (SSSR count). The van der Waals surface area contributed by atoms with Crippen molar-refractivity contribution in [2.45, 2.75) is 13.8 Å². The van der Waals surface area contributed by atoms with Crippen LogP contribution in [0.15, 0.2) is 40.5 Å². The second kappa shape index (κ2) is 5.73. The summed E-state index contributed by atoms with van der Waals surface area (Å²) in [6.45, 7) is 3.77. The van der Waals surface area contributed by atoms with Crippen LogP contribution in [0.5, 0.6) is 0 Å². The van der Waals surface area contributed by atoms with Gasteiger partial charge in [0.1, 0.15) is 23.5 Å². The summed E-state index contributed by atoms with van der Waals surface area (Å²) in [6, 6.07) is 10.9. The average molecular weight is 264 g/mol. The maximum absolute atomic E-state index is 8.62. The number of aromatic nitrogens is 1. The van der Waals surface area contributed by atoms with Gasteiger partial charge in [0, 0.05) is 17.5 Å². The molecule has 0 aliphatic rings. The third kappa shape index (κ3) is 2.85. The van der Waals surface area contributed by atoms with Crippen LogP contribution < -0.4 is 5.32 Å². The van der Waals surface area contributed by atoms with Gasteiger partial charge in [-0.3, -0.25) is 0 Å². The van der Waals surface area contributed by atoms with E-state index in [4.69, 9.17) is 14.9 Å². The second-order valence-corrected chi connectivity index (χ2v) is 4.16. The minimum Gasteiger partial charge on any atom is -0.441 e. The fraction of sp³-hybridized carbons (Fsp3) is 0.133. The van der Waals surface area contributed by atoms with Crippen molar-refractivity contribution in [3.63, 3.8) is 0 Å². The number of allylic oxidation sites excluding steroid dienone is 1. The third-order valence-corrected chi connectivity index (χ3v) is 2.78. The van der Waals surface area contributed by atoms with Crippen LogP contribution in [-0.2, 0) is 0 Å². The molecule has 0 unspecified atom stereocenters. The van der Waals surface area contributed by atoms with Gasteiger partial charge in [0.25, 0.3) is 0 Å². The molecule has 0 saturated carbocycles. The molecule has 20 heavy (non-hydrogen) atoms. The maximum atomic E-state index is 8.62. The largest absolute Gasteiger partial charge is 0.441 e. The number of hydrogen-bond acceptors (Lipinski definition) is 5. The van der Waals surface area contributed by atoms with Gasteiger partial charge in [0.05, 0.1) is 5.69 Å². The molecule has 0 aliphatic carbocycles. The van der Waals surface area contributed by atoms with E-state index in [1.165, 1.54) is 6.20 Å². The molecule has 1 heterocycles. The van der Waals surface area contributed by atoms with Crippen LogP contribution in [0.2, 0.25) is 0 Å². The summed E-state index contributed by atoms with van der Waals surface area (Å²) in [5, 5.41) is 20.1.